The summed E-state index contributed by atoms with van der Waals surface area (Å²) in [7, 11) is 0. The molecule has 1 aromatic rings. The van der Waals surface area contributed by atoms with Crippen LogP contribution in [0.3, 0.4) is 0 Å². The summed E-state index contributed by atoms with van der Waals surface area (Å²) < 4.78 is 18.9. The van der Waals surface area contributed by atoms with E-state index < -0.39 is 0 Å². The van der Waals surface area contributed by atoms with E-state index >= 15 is 0 Å². The van der Waals surface area contributed by atoms with Crippen molar-refractivity contribution in [2.24, 2.45) is 5.92 Å². The lowest BCUT2D eigenvalue weighted by atomic mass is 9.96. The molecule has 2 fully saturated rings. The number of carbonyl (C=O) groups excluding carboxylic acids is 1. The van der Waals surface area contributed by atoms with Gasteiger partial charge in [0.15, 0.2) is 0 Å². The Bertz CT molecular complexity index is 609. The topological polar surface area (TPSA) is 44.8 Å². The molecule has 5 nitrogen and oxygen atoms in total. The maximum atomic E-state index is 13.4. The van der Waals surface area contributed by atoms with Gasteiger partial charge < -0.3 is 19.9 Å². The monoisotopic (exact) mass is 377 g/mol. The number of carbonyl (C=O) groups is 1. The van der Waals surface area contributed by atoms with Crippen molar-refractivity contribution in [3.63, 3.8) is 0 Å². The summed E-state index contributed by atoms with van der Waals surface area (Å²) in [4.78, 5) is 17.1. The van der Waals surface area contributed by atoms with Crippen LogP contribution in [0, 0.1) is 11.7 Å². The molecule has 2 heterocycles. The van der Waals surface area contributed by atoms with Gasteiger partial charge >= 0.3 is 6.03 Å². The fourth-order valence-corrected chi connectivity index (χ4v) is 4.07. The van der Waals surface area contributed by atoms with E-state index in [9.17, 15) is 9.18 Å². The van der Waals surface area contributed by atoms with Crippen molar-refractivity contribution in [3.05, 3.63) is 24.0 Å². The minimum absolute atomic E-state index is 0.129. The van der Waals surface area contributed by atoms with Gasteiger partial charge in [0, 0.05) is 25.7 Å². The Morgan fingerprint density at radius 1 is 1.15 bits per heavy atom. The zero-order valence-electron chi connectivity index (χ0n) is 16.4. The van der Waals surface area contributed by atoms with E-state index in [-0.39, 0.29) is 11.8 Å². The number of ether oxygens (including phenoxy) is 1. The summed E-state index contributed by atoms with van der Waals surface area (Å²) in [6.07, 6.45) is 7.46. The molecule has 0 radical (unpaired) electrons. The molecule has 2 aliphatic rings. The molecular weight excluding hydrogens is 345 g/mol. The normalized spacial score (nSPS) is 19.6. The summed E-state index contributed by atoms with van der Waals surface area (Å²) >= 11 is 0. The first-order chi connectivity index (χ1) is 13.2. The van der Waals surface area contributed by atoms with Gasteiger partial charge in [0.25, 0.3) is 0 Å². The molecule has 2 amide bonds. The number of urea groups is 1. The highest BCUT2D eigenvalue weighted by Gasteiger charge is 2.25. The van der Waals surface area contributed by atoms with E-state index in [0.29, 0.717) is 24.0 Å². The third-order valence-corrected chi connectivity index (χ3v) is 5.60. The molecule has 3 rings (SSSR count). The Labute approximate surface area is 161 Å². The van der Waals surface area contributed by atoms with E-state index in [4.69, 9.17) is 4.74 Å². The first-order valence-corrected chi connectivity index (χ1v) is 10.4. The predicted molar refractivity (Wildman–Crippen MR) is 106 cm³/mol. The van der Waals surface area contributed by atoms with Gasteiger partial charge in [-0.05, 0) is 63.7 Å². The van der Waals surface area contributed by atoms with Crippen LogP contribution in [0.25, 0.3) is 0 Å². The van der Waals surface area contributed by atoms with Crippen molar-refractivity contribution < 1.29 is 13.9 Å². The molecule has 1 aromatic carbocycles. The lowest BCUT2D eigenvalue weighted by Crippen LogP contribution is -2.43. The molecule has 27 heavy (non-hydrogen) atoms. The molecule has 0 aliphatic carbocycles. The molecule has 0 unspecified atom stereocenters. The third-order valence-electron chi connectivity index (χ3n) is 5.60. The number of nitrogens with zero attached hydrogens (tertiary/aromatic N) is 2. The van der Waals surface area contributed by atoms with Crippen LogP contribution < -0.4 is 10.1 Å². The lowest BCUT2D eigenvalue weighted by Gasteiger charge is -2.34. The van der Waals surface area contributed by atoms with Gasteiger partial charge in [-0.3, -0.25) is 0 Å². The molecular formula is C21H32FN3O2. The van der Waals surface area contributed by atoms with Crippen molar-refractivity contribution in [2.75, 3.05) is 44.6 Å². The summed E-state index contributed by atoms with van der Waals surface area (Å²) in [5, 5.41) is 2.88. The first kappa shape index (κ1) is 19.9. The summed E-state index contributed by atoms with van der Waals surface area (Å²) in [5.41, 5.74) is 0.523. The molecule has 0 bridgehead atoms. The van der Waals surface area contributed by atoms with Crippen LogP contribution in [-0.2, 0) is 0 Å². The molecule has 2 saturated heterocycles. The maximum Gasteiger partial charge on any atom is 0.321 e. The number of halogens is 1. The van der Waals surface area contributed by atoms with E-state index in [1.54, 1.807) is 6.07 Å². The molecule has 2 aliphatic heterocycles. The van der Waals surface area contributed by atoms with Crippen LogP contribution in [0.4, 0.5) is 14.9 Å². The van der Waals surface area contributed by atoms with E-state index in [1.165, 1.54) is 57.5 Å². The van der Waals surface area contributed by atoms with E-state index in [1.807, 2.05) is 11.8 Å². The fourth-order valence-electron chi connectivity index (χ4n) is 4.07. The van der Waals surface area contributed by atoms with Gasteiger partial charge in [-0.25, -0.2) is 9.18 Å². The number of likely N-dealkylation sites (tertiary alicyclic amines) is 2. The van der Waals surface area contributed by atoms with E-state index in [0.717, 1.165) is 25.9 Å². The van der Waals surface area contributed by atoms with Crippen LogP contribution in [0.2, 0.25) is 0 Å². The highest BCUT2D eigenvalue weighted by atomic mass is 19.1. The Kier molecular flexibility index (Phi) is 7.33. The number of piperidine rings is 1. The van der Waals surface area contributed by atoms with Gasteiger partial charge in [-0.2, -0.15) is 0 Å². The predicted octanol–water partition coefficient (Wildman–Crippen LogP) is 4.34. The van der Waals surface area contributed by atoms with Crippen molar-refractivity contribution in [1.29, 1.82) is 0 Å². The fraction of sp³-hybridized carbons (Fsp3) is 0.667. The summed E-state index contributed by atoms with van der Waals surface area (Å²) in [5.74, 6) is 0.685. The molecule has 1 N–H and O–H groups in total. The van der Waals surface area contributed by atoms with Crippen molar-refractivity contribution in [3.8, 4) is 5.75 Å². The average molecular weight is 378 g/mol. The number of nitrogens with one attached hydrogen (secondary N) is 1. The highest BCUT2D eigenvalue weighted by molar-refractivity contribution is 5.91. The van der Waals surface area contributed by atoms with Crippen molar-refractivity contribution in [1.82, 2.24) is 9.80 Å². The SMILES string of the molecule is CCOc1cc(F)ccc1NC(=O)N1CCC(CN2CCCCCC2)CC1. The van der Waals surface area contributed by atoms with Gasteiger partial charge in [0.05, 0.1) is 12.3 Å². The average Bonchev–Trinajstić information content (AvgIpc) is 2.93. The second-order valence-electron chi connectivity index (χ2n) is 7.65. The van der Waals surface area contributed by atoms with Crippen LogP contribution in [-0.4, -0.2) is 55.2 Å². The standard InChI is InChI=1S/C21H32FN3O2/c1-2-27-20-15-18(22)7-8-19(20)23-21(26)25-13-9-17(10-14-25)16-24-11-5-3-4-6-12-24/h7-8,15,17H,2-6,9-14,16H2,1H3,(H,23,26). The second-order valence-corrected chi connectivity index (χ2v) is 7.65. The Balaban J connectivity index is 1.48. The highest BCUT2D eigenvalue weighted by Crippen LogP contribution is 2.27. The quantitative estimate of drug-likeness (QED) is 0.830. The maximum absolute atomic E-state index is 13.4. The lowest BCUT2D eigenvalue weighted by molar-refractivity contribution is 0.155. The third kappa shape index (κ3) is 5.83. The molecule has 0 spiro atoms. The Morgan fingerprint density at radius 2 is 1.85 bits per heavy atom. The number of hydrogen-bond acceptors (Lipinski definition) is 3. The van der Waals surface area contributed by atoms with Gasteiger partial charge in [-0.15, -0.1) is 0 Å². The molecule has 0 saturated carbocycles. The smallest absolute Gasteiger partial charge is 0.321 e. The molecule has 0 aromatic heterocycles. The van der Waals surface area contributed by atoms with Crippen molar-refractivity contribution >= 4 is 11.7 Å². The van der Waals surface area contributed by atoms with Gasteiger partial charge in [-0.1, -0.05) is 12.8 Å². The number of anilines is 1. The minimum Gasteiger partial charge on any atom is -0.492 e. The Hall–Kier alpha value is -1.82. The summed E-state index contributed by atoms with van der Waals surface area (Å²) in [6, 6.07) is 4.08. The second kappa shape index (κ2) is 9.93. The van der Waals surface area contributed by atoms with Gasteiger partial charge in [0.2, 0.25) is 0 Å². The van der Waals surface area contributed by atoms with Crippen LogP contribution >= 0.6 is 0 Å². The number of hydrogen-bond donors (Lipinski definition) is 1. The zero-order chi connectivity index (χ0) is 19.1. The minimum atomic E-state index is -0.370. The van der Waals surface area contributed by atoms with E-state index in [2.05, 4.69) is 10.2 Å². The van der Waals surface area contributed by atoms with Crippen LogP contribution in [0.5, 0.6) is 5.75 Å². The zero-order valence-corrected chi connectivity index (χ0v) is 16.4. The molecule has 150 valence electrons. The number of benzene rings is 1. The summed E-state index contributed by atoms with van der Waals surface area (Å²) in [6.45, 7) is 7.43. The van der Waals surface area contributed by atoms with Crippen LogP contribution in [0.15, 0.2) is 18.2 Å². The van der Waals surface area contributed by atoms with Gasteiger partial charge in [0.1, 0.15) is 11.6 Å². The van der Waals surface area contributed by atoms with Crippen LogP contribution in [0.1, 0.15) is 45.4 Å². The largest absolute Gasteiger partial charge is 0.492 e. The van der Waals surface area contributed by atoms with Crippen molar-refractivity contribution in [2.45, 2.75) is 45.4 Å². The molecule has 6 heteroatoms. The Morgan fingerprint density at radius 3 is 2.52 bits per heavy atom. The number of rotatable bonds is 5. The number of amides is 2. The first-order valence-electron chi connectivity index (χ1n) is 10.4. The molecule has 0 atom stereocenters.